The smallest absolute Gasteiger partial charge is 0.0595 e. The zero-order valence-electron chi connectivity index (χ0n) is 10.9. The van der Waals surface area contributed by atoms with Gasteiger partial charge in [-0.05, 0) is 43.0 Å². The maximum absolute atomic E-state index is 6.15. The van der Waals surface area contributed by atoms with Crippen LogP contribution in [0.5, 0.6) is 0 Å². The predicted octanol–water partition coefficient (Wildman–Crippen LogP) is 5.02. The Morgan fingerprint density at radius 2 is 1.89 bits per heavy atom. The second-order valence-electron chi connectivity index (χ2n) is 5.08. The van der Waals surface area contributed by atoms with Gasteiger partial charge in [0.2, 0.25) is 0 Å². The molecule has 1 N–H and O–H groups in total. The van der Waals surface area contributed by atoms with Crippen molar-refractivity contribution >= 4 is 23.2 Å². The molecule has 2 rings (SSSR count). The molecule has 0 amide bonds. The predicted molar refractivity (Wildman–Crippen MR) is 79.8 cm³/mol. The Kier molecular flexibility index (Phi) is 5.35. The molecular formula is C15H21Cl2N. The molecule has 1 saturated carbocycles. The van der Waals surface area contributed by atoms with Crippen molar-refractivity contribution in [2.24, 2.45) is 0 Å². The highest BCUT2D eigenvalue weighted by Gasteiger charge is 2.24. The fourth-order valence-electron chi connectivity index (χ4n) is 2.96. The van der Waals surface area contributed by atoms with Crippen molar-refractivity contribution in [2.75, 3.05) is 6.54 Å². The third-order valence-corrected chi connectivity index (χ3v) is 4.59. The van der Waals surface area contributed by atoms with Crippen molar-refractivity contribution < 1.29 is 0 Å². The Bertz CT molecular complexity index is 392. The Hall–Kier alpha value is -0.240. The highest BCUT2D eigenvalue weighted by atomic mass is 35.5. The molecule has 1 aliphatic rings. The highest BCUT2D eigenvalue weighted by Crippen LogP contribution is 2.34. The minimum Gasteiger partial charge on any atom is -0.314 e. The van der Waals surface area contributed by atoms with Gasteiger partial charge in [-0.25, -0.2) is 0 Å². The molecule has 0 aromatic heterocycles. The fourth-order valence-corrected chi connectivity index (χ4v) is 3.26. The van der Waals surface area contributed by atoms with Gasteiger partial charge in [-0.1, -0.05) is 55.5 Å². The molecule has 0 heterocycles. The Morgan fingerprint density at radius 3 is 2.61 bits per heavy atom. The average molecular weight is 286 g/mol. The second kappa shape index (κ2) is 6.79. The molecule has 0 saturated heterocycles. The van der Waals surface area contributed by atoms with Crippen LogP contribution in [0, 0.1) is 0 Å². The molecule has 1 fully saturated rings. The summed E-state index contributed by atoms with van der Waals surface area (Å²) in [5.41, 5.74) is 1.33. The largest absolute Gasteiger partial charge is 0.314 e. The number of rotatable bonds is 3. The van der Waals surface area contributed by atoms with E-state index >= 15 is 0 Å². The maximum atomic E-state index is 6.15. The first-order chi connectivity index (χ1) is 8.72. The molecule has 0 aliphatic heterocycles. The van der Waals surface area contributed by atoms with Gasteiger partial charge in [-0.2, -0.15) is 0 Å². The van der Waals surface area contributed by atoms with Gasteiger partial charge in [0.05, 0.1) is 10.0 Å². The third-order valence-electron chi connectivity index (χ3n) is 3.85. The van der Waals surface area contributed by atoms with Crippen LogP contribution in [-0.2, 0) is 0 Å². The Labute approximate surface area is 120 Å². The van der Waals surface area contributed by atoms with E-state index in [1.54, 1.807) is 0 Å². The normalized spacial score (nSPS) is 24.8. The standard InChI is InChI=1S/C15H21Cl2N/c1-2-18-15-7-5-3-4-6-12(15)11-8-9-13(16)14(17)10-11/h8-10,12,15,18H,2-7H2,1H3. The van der Waals surface area contributed by atoms with E-state index in [0.29, 0.717) is 22.0 Å². The van der Waals surface area contributed by atoms with Gasteiger partial charge in [0.1, 0.15) is 0 Å². The molecule has 18 heavy (non-hydrogen) atoms. The van der Waals surface area contributed by atoms with Crippen LogP contribution >= 0.6 is 23.2 Å². The van der Waals surface area contributed by atoms with Crippen molar-refractivity contribution in [3.05, 3.63) is 33.8 Å². The first-order valence-electron chi connectivity index (χ1n) is 6.90. The van der Waals surface area contributed by atoms with Crippen molar-refractivity contribution in [1.29, 1.82) is 0 Å². The van der Waals surface area contributed by atoms with Crippen molar-refractivity contribution in [3.8, 4) is 0 Å². The lowest BCUT2D eigenvalue weighted by molar-refractivity contribution is 0.419. The van der Waals surface area contributed by atoms with Crippen LogP contribution < -0.4 is 5.32 Å². The van der Waals surface area contributed by atoms with E-state index in [4.69, 9.17) is 23.2 Å². The molecule has 1 aromatic rings. The molecule has 100 valence electrons. The van der Waals surface area contributed by atoms with E-state index in [2.05, 4.69) is 18.3 Å². The van der Waals surface area contributed by atoms with Crippen molar-refractivity contribution in [1.82, 2.24) is 5.32 Å². The summed E-state index contributed by atoms with van der Waals surface area (Å²) in [7, 11) is 0. The number of likely N-dealkylation sites (N-methyl/N-ethyl adjacent to an activating group) is 1. The molecule has 2 atom stereocenters. The number of benzene rings is 1. The van der Waals surface area contributed by atoms with E-state index in [1.165, 1.54) is 37.7 Å². The number of halogens is 2. The summed E-state index contributed by atoms with van der Waals surface area (Å²) in [5, 5.41) is 4.95. The summed E-state index contributed by atoms with van der Waals surface area (Å²) < 4.78 is 0. The minimum absolute atomic E-state index is 0.571. The fraction of sp³-hybridized carbons (Fsp3) is 0.600. The van der Waals surface area contributed by atoms with Crippen molar-refractivity contribution in [2.45, 2.75) is 51.0 Å². The van der Waals surface area contributed by atoms with E-state index in [9.17, 15) is 0 Å². The summed E-state index contributed by atoms with van der Waals surface area (Å²) in [6.45, 7) is 3.21. The van der Waals surface area contributed by atoms with E-state index < -0.39 is 0 Å². The van der Waals surface area contributed by atoms with E-state index in [-0.39, 0.29) is 0 Å². The van der Waals surface area contributed by atoms with Gasteiger partial charge >= 0.3 is 0 Å². The zero-order chi connectivity index (χ0) is 13.0. The molecule has 3 heteroatoms. The minimum atomic E-state index is 0.571. The lowest BCUT2D eigenvalue weighted by Crippen LogP contribution is -2.34. The van der Waals surface area contributed by atoms with Crippen LogP contribution in [-0.4, -0.2) is 12.6 Å². The van der Waals surface area contributed by atoms with Gasteiger partial charge in [-0.15, -0.1) is 0 Å². The topological polar surface area (TPSA) is 12.0 Å². The van der Waals surface area contributed by atoms with Gasteiger partial charge < -0.3 is 5.32 Å². The first kappa shape index (κ1) is 14.2. The molecular weight excluding hydrogens is 265 g/mol. The molecule has 1 nitrogen and oxygen atoms in total. The monoisotopic (exact) mass is 285 g/mol. The molecule has 1 aromatic carbocycles. The van der Waals surface area contributed by atoms with Gasteiger partial charge in [-0.3, -0.25) is 0 Å². The van der Waals surface area contributed by atoms with Gasteiger partial charge in [0.25, 0.3) is 0 Å². The molecule has 2 unspecified atom stereocenters. The summed E-state index contributed by atoms with van der Waals surface area (Å²) in [6.07, 6.45) is 6.50. The average Bonchev–Trinajstić information content (AvgIpc) is 2.59. The van der Waals surface area contributed by atoms with Crippen LogP contribution in [0.25, 0.3) is 0 Å². The summed E-state index contributed by atoms with van der Waals surface area (Å²) >= 11 is 12.1. The van der Waals surface area contributed by atoms with Gasteiger partial charge in [0, 0.05) is 6.04 Å². The van der Waals surface area contributed by atoms with Crippen LogP contribution in [0.1, 0.15) is 50.5 Å². The van der Waals surface area contributed by atoms with Crippen molar-refractivity contribution in [3.63, 3.8) is 0 Å². The quantitative estimate of drug-likeness (QED) is 0.769. The van der Waals surface area contributed by atoms with Crippen LogP contribution in [0.2, 0.25) is 10.0 Å². The Morgan fingerprint density at radius 1 is 1.11 bits per heavy atom. The summed E-state index contributed by atoms with van der Waals surface area (Å²) in [6, 6.07) is 6.68. The number of hydrogen-bond donors (Lipinski definition) is 1. The molecule has 0 bridgehead atoms. The highest BCUT2D eigenvalue weighted by molar-refractivity contribution is 6.42. The number of hydrogen-bond acceptors (Lipinski definition) is 1. The molecule has 0 radical (unpaired) electrons. The lowest BCUT2D eigenvalue weighted by atomic mass is 9.87. The molecule has 0 spiro atoms. The summed E-state index contributed by atoms with van der Waals surface area (Å²) in [5.74, 6) is 0.571. The van der Waals surface area contributed by atoms with Crippen LogP contribution in [0.4, 0.5) is 0 Å². The molecule has 1 aliphatic carbocycles. The second-order valence-corrected chi connectivity index (χ2v) is 5.90. The van der Waals surface area contributed by atoms with E-state index in [0.717, 1.165) is 6.54 Å². The lowest BCUT2D eigenvalue weighted by Gasteiger charge is -2.26. The third kappa shape index (κ3) is 3.40. The van der Waals surface area contributed by atoms with Crippen LogP contribution in [0.15, 0.2) is 18.2 Å². The maximum Gasteiger partial charge on any atom is 0.0595 e. The first-order valence-corrected chi connectivity index (χ1v) is 7.66. The Balaban J connectivity index is 2.22. The van der Waals surface area contributed by atoms with E-state index in [1.807, 2.05) is 12.1 Å². The zero-order valence-corrected chi connectivity index (χ0v) is 12.4. The SMILES string of the molecule is CCNC1CCCCCC1c1ccc(Cl)c(Cl)c1. The van der Waals surface area contributed by atoms with Gasteiger partial charge in [0.15, 0.2) is 0 Å². The van der Waals surface area contributed by atoms with Crippen LogP contribution in [0.3, 0.4) is 0 Å². The summed E-state index contributed by atoms with van der Waals surface area (Å²) in [4.78, 5) is 0. The number of nitrogens with one attached hydrogen (secondary N) is 1.